The highest BCUT2D eigenvalue weighted by molar-refractivity contribution is 7.98. The molecule has 22 heavy (non-hydrogen) atoms. The van der Waals surface area contributed by atoms with Gasteiger partial charge in [-0.25, -0.2) is 9.59 Å². The van der Waals surface area contributed by atoms with Crippen molar-refractivity contribution in [3.63, 3.8) is 0 Å². The number of carbonyl (C=O) groups excluding carboxylic acids is 1. The summed E-state index contributed by atoms with van der Waals surface area (Å²) in [5.74, 6) is -0.331. The Kier molecular flexibility index (Phi) is 8.43. The molecule has 6 heteroatoms. The maximum absolute atomic E-state index is 11.9. The second-order valence-corrected chi connectivity index (χ2v) is 6.06. The van der Waals surface area contributed by atoms with E-state index in [9.17, 15) is 9.59 Å². The normalized spacial score (nSPS) is 11.7. The third-order valence-electron chi connectivity index (χ3n) is 3.24. The zero-order valence-corrected chi connectivity index (χ0v) is 13.9. The summed E-state index contributed by atoms with van der Waals surface area (Å²) in [6, 6.07) is 6.28. The molecule has 0 saturated carbocycles. The lowest BCUT2D eigenvalue weighted by molar-refractivity contribution is -0.139. The molecule has 3 N–H and O–H groups in total. The molecule has 0 saturated heterocycles. The number of carboxylic acid groups (broad SMARTS) is 1. The van der Waals surface area contributed by atoms with Crippen LogP contribution in [0.5, 0.6) is 0 Å². The Morgan fingerprint density at radius 2 is 1.95 bits per heavy atom. The monoisotopic (exact) mass is 324 g/mol. The van der Waals surface area contributed by atoms with E-state index in [1.54, 1.807) is 11.8 Å². The molecule has 0 heterocycles. The predicted molar refractivity (Wildman–Crippen MR) is 91.6 cm³/mol. The number of aryl methyl sites for hydroxylation is 1. The van der Waals surface area contributed by atoms with Crippen LogP contribution in [0.1, 0.15) is 31.7 Å². The molecule has 0 aliphatic rings. The fraction of sp³-hybridized carbons (Fsp3) is 0.500. The van der Waals surface area contributed by atoms with Gasteiger partial charge in [0.05, 0.1) is 0 Å². The number of thioether (sulfide) groups is 1. The van der Waals surface area contributed by atoms with Crippen molar-refractivity contribution < 1.29 is 14.7 Å². The van der Waals surface area contributed by atoms with Crippen molar-refractivity contribution in [1.82, 2.24) is 5.32 Å². The van der Waals surface area contributed by atoms with Gasteiger partial charge in [-0.2, -0.15) is 11.8 Å². The molecule has 122 valence electrons. The number of carboxylic acids is 1. The highest BCUT2D eigenvalue weighted by Gasteiger charge is 2.19. The SMILES string of the molecule is CCCCc1ccc(NC(=O)NC(CCSC)C(=O)O)cc1. The van der Waals surface area contributed by atoms with Crippen LogP contribution in [0.2, 0.25) is 0 Å². The fourth-order valence-corrected chi connectivity index (χ4v) is 2.43. The number of anilines is 1. The van der Waals surface area contributed by atoms with Crippen molar-refractivity contribution >= 4 is 29.4 Å². The molecule has 1 aromatic rings. The van der Waals surface area contributed by atoms with E-state index in [0.29, 0.717) is 17.9 Å². The molecule has 0 bridgehead atoms. The van der Waals surface area contributed by atoms with Crippen LogP contribution < -0.4 is 10.6 Å². The van der Waals surface area contributed by atoms with E-state index in [1.807, 2.05) is 30.5 Å². The zero-order chi connectivity index (χ0) is 16.4. The first-order chi connectivity index (χ1) is 10.6. The Bertz CT molecular complexity index is 477. The number of nitrogens with one attached hydrogen (secondary N) is 2. The molecule has 0 fully saturated rings. The Labute approximate surface area is 135 Å². The lowest BCUT2D eigenvalue weighted by Crippen LogP contribution is -2.43. The predicted octanol–water partition coefficient (Wildman–Crippen LogP) is 3.36. The summed E-state index contributed by atoms with van der Waals surface area (Å²) in [4.78, 5) is 22.9. The van der Waals surface area contributed by atoms with E-state index in [1.165, 1.54) is 5.56 Å². The third kappa shape index (κ3) is 6.85. The van der Waals surface area contributed by atoms with Gasteiger partial charge in [0.15, 0.2) is 0 Å². The lowest BCUT2D eigenvalue weighted by atomic mass is 10.1. The van der Waals surface area contributed by atoms with Gasteiger partial charge in [0, 0.05) is 5.69 Å². The smallest absolute Gasteiger partial charge is 0.326 e. The molecule has 2 amide bonds. The van der Waals surface area contributed by atoms with Gasteiger partial charge in [0.1, 0.15) is 6.04 Å². The van der Waals surface area contributed by atoms with Crippen molar-refractivity contribution in [2.45, 2.75) is 38.6 Å². The van der Waals surface area contributed by atoms with Crippen molar-refractivity contribution in [2.75, 3.05) is 17.3 Å². The van der Waals surface area contributed by atoms with E-state index in [-0.39, 0.29) is 0 Å². The molecule has 1 rings (SSSR count). The molecule has 1 unspecified atom stereocenters. The van der Waals surface area contributed by atoms with Crippen LogP contribution >= 0.6 is 11.8 Å². The Morgan fingerprint density at radius 1 is 1.27 bits per heavy atom. The third-order valence-corrected chi connectivity index (χ3v) is 3.89. The van der Waals surface area contributed by atoms with Crippen LogP contribution in [-0.4, -0.2) is 35.2 Å². The van der Waals surface area contributed by atoms with Crippen LogP contribution in [0.15, 0.2) is 24.3 Å². The number of benzene rings is 1. The zero-order valence-electron chi connectivity index (χ0n) is 13.1. The summed E-state index contributed by atoms with van der Waals surface area (Å²) in [6.45, 7) is 2.15. The number of aliphatic carboxylic acids is 1. The van der Waals surface area contributed by atoms with E-state index in [4.69, 9.17) is 5.11 Å². The molecule has 5 nitrogen and oxygen atoms in total. The van der Waals surface area contributed by atoms with Gasteiger partial charge < -0.3 is 15.7 Å². The molecule has 0 aliphatic heterocycles. The van der Waals surface area contributed by atoms with Gasteiger partial charge in [-0.3, -0.25) is 0 Å². The van der Waals surface area contributed by atoms with Crippen LogP contribution in [-0.2, 0) is 11.2 Å². The van der Waals surface area contributed by atoms with Crippen molar-refractivity contribution in [1.29, 1.82) is 0 Å². The van der Waals surface area contributed by atoms with E-state index < -0.39 is 18.0 Å². The topological polar surface area (TPSA) is 78.4 Å². The number of carbonyl (C=O) groups is 2. The Balaban J connectivity index is 2.50. The highest BCUT2D eigenvalue weighted by Crippen LogP contribution is 2.12. The van der Waals surface area contributed by atoms with Crippen molar-refractivity contribution in [2.24, 2.45) is 0 Å². The number of unbranched alkanes of at least 4 members (excludes halogenated alkanes) is 1. The van der Waals surface area contributed by atoms with E-state index >= 15 is 0 Å². The molecule has 0 aromatic heterocycles. The maximum atomic E-state index is 11.9. The number of hydrogen-bond donors (Lipinski definition) is 3. The molecule has 1 atom stereocenters. The van der Waals surface area contributed by atoms with Crippen LogP contribution in [0, 0.1) is 0 Å². The number of amides is 2. The Morgan fingerprint density at radius 3 is 2.50 bits per heavy atom. The van der Waals surface area contributed by atoms with Crippen LogP contribution in [0.25, 0.3) is 0 Å². The largest absolute Gasteiger partial charge is 0.480 e. The van der Waals surface area contributed by atoms with Gasteiger partial charge >= 0.3 is 12.0 Å². The summed E-state index contributed by atoms with van der Waals surface area (Å²) in [5, 5.41) is 14.2. The first kappa shape index (κ1) is 18.4. The maximum Gasteiger partial charge on any atom is 0.326 e. The summed E-state index contributed by atoms with van der Waals surface area (Å²) >= 11 is 1.55. The summed E-state index contributed by atoms with van der Waals surface area (Å²) in [5.41, 5.74) is 1.89. The minimum atomic E-state index is -1.01. The van der Waals surface area contributed by atoms with Crippen LogP contribution in [0.3, 0.4) is 0 Å². The summed E-state index contributed by atoms with van der Waals surface area (Å²) in [7, 11) is 0. The number of rotatable bonds is 9. The van der Waals surface area contributed by atoms with Crippen molar-refractivity contribution in [3.8, 4) is 0 Å². The van der Waals surface area contributed by atoms with Gasteiger partial charge in [0.2, 0.25) is 0 Å². The quantitative estimate of drug-likeness (QED) is 0.651. The highest BCUT2D eigenvalue weighted by atomic mass is 32.2. The average molecular weight is 324 g/mol. The summed E-state index contributed by atoms with van der Waals surface area (Å²) in [6.07, 6.45) is 5.62. The standard InChI is InChI=1S/C16H24N2O3S/c1-3-4-5-12-6-8-13(9-7-12)17-16(21)18-14(15(19)20)10-11-22-2/h6-9,14H,3-5,10-11H2,1-2H3,(H,19,20)(H2,17,18,21). The molecular weight excluding hydrogens is 300 g/mol. The van der Waals surface area contributed by atoms with Gasteiger partial charge in [0.25, 0.3) is 0 Å². The van der Waals surface area contributed by atoms with Gasteiger partial charge in [-0.1, -0.05) is 25.5 Å². The minimum Gasteiger partial charge on any atom is -0.480 e. The summed E-state index contributed by atoms with van der Waals surface area (Å²) < 4.78 is 0. The molecular formula is C16H24N2O3S. The first-order valence-electron chi connectivity index (χ1n) is 7.45. The fourth-order valence-electron chi connectivity index (χ4n) is 1.95. The van der Waals surface area contributed by atoms with E-state index in [2.05, 4.69) is 17.6 Å². The number of urea groups is 1. The van der Waals surface area contributed by atoms with Crippen molar-refractivity contribution in [3.05, 3.63) is 29.8 Å². The Hall–Kier alpha value is -1.69. The molecule has 0 aliphatic carbocycles. The molecule has 0 spiro atoms. The minimum absolute atomic E-state index is 0.403. The van der Waals surface area contributed by atoms with Gasteiger partial charge in [-0.15, -0.1) is 0 Å². The molecule has 1 aromatic carbocycles. The van der Waals surface area contributed by atoms with Gasteiger partial charge in [-0.05, 0) is 49.0 Å². The second-order valence-electron chi connectivity index (χ2n) is 5.07. The second kappa shape index (κ2) is 10.1. The molecule has 0 radical (unpaired) electrons. The van der Waals surface area contributed by atoms with E-state index in [0.717, 1.165) is 19.3 Å². The number of hydrogen-bond acceptors (Lipinski definition) is 3. The lowest BCUT2D eigenvalue weighted by Gasteiger charge is -2.14. The van der Waals surface area contributed by atoms with Crippen LogP contribution in [0.4, 0.5) is 10.5 Å². The average Bonchev–Trinajstić information content (AvgIpc) is 2.50. The first-order valence-corrected chi connectivity index (χ1v) is 8.84.